The Morgan fingerprint density at radius 3 is 2.70 bits per heavy atom. The molecule has 0 amide bonds. The Labute approximate surface area is 156 Å². The van der Waals surface area contributed by atoms with Crippen LogP contribution in [0, 0.1) is 6.92 Å². The van der Waals surface area contributed by atoms with Crippen molar-refractivity contribution in [2.75, 3.05) is 0 Å². The average Bonchev–Trinajstić information content (AvgIpc) is 3.35. The van der Waals surface area contributed by atoms with Gasteiger partial charge in [-0.1, -0.05) is 59.8 Å². The molecule has 0 saturated heterocycles. The zero-order chi connectivity index (χ0) is 18.2. The topological polar surface area (TPSA) is 66.0 Å². The van der Waals surface area contributed by atoms with Crippen LogP contribution < -0.4 is 0 Å². The molecule has 1 atom stereocenters. The molecule has 6 heteroatoms. The van der Waals surface area contributed by atoms with Crippen molar-refractivity contribution in [3.05, 3.63) is 77.5 Å². The molecule has 0 fully saturated rings. The second-order valence-corrected chi connectivity index (χ2v) is 6.65. The molecule has 1 aliphatic heterocycles. The number of rotatable bonds is 3. The normalized spacial score (nSPS) is 16.3. The molecule has 2 aromatic carbocycles. The average molecular weight is 358 g/mol. The van der Waals surface area contributed by atoms with Gasteiger partial charge in [-0.2, -0.15) is 10.1 Å². The zero-order valence-corrected chi connectivity index (χ0v) is 14.9. The fourth-order valence-electron chi connectivity index (χ4n) is 3.36. The lowest BCUT2D eigenvalue weighted by atomic mass is 10.1. The van der Waals surface area contributed by atoms with E-state index >= 15 is 0 Å². The summed E-state index contributed by atoms with van der Waals surface area (Å²) in [6, 6.07) is 20.1. The first-order valence-electron chi connectivity index (χ1n) is 8.91. The van der Waals surface area contributed by atoms with E-state index in [0.29, 0.717) is 30.6 Å². The lowest BCUT2D eigenvalue weighted by Crippen LogP contribution is -2.21. The molecule has 27 heavy (non-hydrogen) atoms. The first-order chi connectivity index (χ1) is 13.3. The molecule has 0 radical (unpaired) electrons. The summed E-state index contributed by atoms with van der Waals surface area (Å²) < 4.78 is 13.4. The number of hydrogen-bond acceptors (Lipinski definition) is 5. The number of aryl methyl sites for hydroxylation is 1. The second kappa shape index (κ2) is 6.48. The molecule has 0 spiro atoms. The predicted octanol–water partition coefficient (Wildman–Crippen LogP) is 4.18. The largest absolute Gasteiger partial charge is 0.365 e. The van der Waals surface area contributed by atoms with Crippen molar-refractivity contribution in [2.45, 2.75) is 26.2 Å². The summed E-state index contributed by atoms with van der Waals surface area (Å²) in [5, 5.41) is 8.79. The molecule has 6 nitrogen and oxygen atoms in total. The summed E-state index contributed by atoms with van der Waals surface area (Å²) in [6.45, 7) is 3.20. The SMILES string of the molecule is Cc1ccccc1-c1noc(-c2cc3n(n2)C[C@@H](c2ccccc2)OC3)n1. The Balaban J connectivity index is 1.43. The van der Waals surface area contributed by atoms with E-state index in [1.54, 1.807) is 0 Å². The van der Waals surface area contributed by atoms with Gasteiger partial charge >= 0.3 is 0 Å². The highest BCUT2D eigenvalue weighted by Gasteiger charge is 2.24. The monoisotopic (exact) mass is 358 g/mol. The van der Waals surface area contributed by atoms with Crippen LogP contribution in [0.15, 0.2) is 65.2 Å². The highest BCUT2D eigenvalue weighted by atomic mass is 16.5. The van der Waals surface area contributed by atoms with Gasteiger partial charge in [-0.15, -0.1) is 0 Å². The molecule has 3 heterocycles. The number of aromatic nitrogens is 4. The third-order valence-electron chi connectivity index (χ3n) is 4.84. The molecule has 1 aliphatic rings. The highest BCUT2D eigenvalue weighted by Crippen LogP contribution is 2.29. The molecular weight excluding hydrogens is 340 g/mol. The van der Waals surface area contributed by atoms with Crippen molar-refractivity contribution in [1.29, 1.82) is 0 Å². The smallest absolute Gasteiger partial charge is 0.278 e. The van der Waals surface area contributed by atoms with Crippen molar-refractivity contribution in [2.24, 2.45) is 0 Å². The van der Waals surface area contributed by atoms with Crippen LogP contribution in [0.4, 0.5) is 0 Å². The maximum atomic E-state index is 6.00. The fourth-order valence-corrected chi connectivity index (χ4v) is 3.36. The van der Waals surface area contributed by atoms with Crippen LogP contribution in [0.25, 0.3) is 23.0 Å². The third kappa shape index (κ3) is 2.94. The van der Waals surface area contributed by atoms with Gasteiger partial charge in [0.05, 0.1) is 18.8 Å². The Morgan fingerprint density at radius 1 is 1.04 bits per heavy atom. The van der Waals surface area contributed by atoms with Gasteiger partial charge in [0.25, 0.3) is 5.89 Å². The maximum absolute atomic E-state index is 6.00. The van der Waals surface area contributed by atoms with Gasteiger partial charge in [0.1, 0.15) is 6.10 Å². The van der Waals surface area contributed by atoms with E-state index in [2.05, 4.69) is 27.4 Å². The van der Waals surface area contributed by atoms with Gasteiger partial charge < -0.3 is 9.26 Å². The first kappa shape index (κ1) is 16.0. The molecule has 0 N–H and O–H groups in total. The molecular formula is C21H18N4O2. The summed E-state index contributed by atoms with van der Waals surface area (Å²) in [5.41, 5.74) is 4.90. The van der Waals surface area contributed by atoms with Crippen LogP contribution in [-0.4, -0.2) is 19.9 Å². The molecule has 0 saturated carbocycles. The minimum absolute atomic E-state index is 0.00309. The number of ether oxygens (including phenoxy) is 1. The minimum atomic E-state index is -0.00309. The molecule has 2 aromatic heterocycles. The molecule has 4 aromatic rings. The van der Waals surface area contributed by atoms with E-state index in [1.165, 1.54) is 0 Å². The van der Waals surface area contributed by atoms with Crippen molar-refractivity contribution in [3.8, 4) is 23.0 Å². The summed E-state index contributed by atoms with van der Waals surface area (Å²) in [6.07, 6.45) is -0.00309. The quantitative estimate of drug-likeness (QED) is 0.550. The summed E-state index contributed by atoms with van der Waals surface area (Å²) >= 11 is 0. The molecule has 0 bridgehead atoms. The minimum Gasteiger partial charge on any atom is -0.365 e. The lowest BCUT2D eigenvalue weighted by Gasteiger charge is -2.24. The van der Waals surface area contributed by atoms with E-state index in [4.69, 9.17) is 9.26 Å². The molecule has 0 unspecified atom stereocenters. The van der Waals surface area contributed by atoms with Gasteiger partial charge in [-0.3, -0.25) is 4.68 Å². The number of hydrogen-bond donors (Lipinski definition) is 0. The van der Waals surface area contributed by atoms with Crippen LogP contribution in [0.3, 0.4) is 0 Å². The van der Waals surface area contributed by atoms with Crippen LogP contribution in [0.1, 0.15) is 22.9 Å². The van der Waals surface area contributed by atoms with Crippen LogP contribution in [0.5, 0.6) is 0 Å². The van der Waals surface area contributed by atoms with Crippen molar-refractivity contribution >= 4 is 0 Å². The zero-order valence-electron chi connectivity index (χ0n) is 14.9. The van der Waals surface area contributed by atoms with Gasteiger partial charge in [-0.05, 0) is 24.1 Å². The van der Waals surface area contributed by atoms with E-state index < -0.39 is 0 Å². The number of fused-ring (bicyclic) bond motifs is 1. The van der Waals surface area contributed by atoms with E-state index in [-0.39, 0.29) is 6.10 Å². The molecule has 5 rings (SSSR count). The summed E-state index contributed by atoms with van der Waals surface area (Å²) in [7, 11) is 0. The second-order valence-electron chi connectivity index (χ2n) is 6.65. The van der Waals surface area contributed by atoms with E-state index in [1.807, 2.05) is 60.1 Å². The fraction of sp³-hybridized carbons (Fsp3) is 0.190. The Hall–Kier alpha value is -3.25. The third-order valence-corrected chi connectivity index (χ3v) is 4.84. The number of benzene rings is 2. The van der Waals surface area contributed by atoms with Gasteiger partial charge in [-0.25, -0.2) is 0 Å². The number of nitrogens with zero attached hydrogens (tertiary/aromatic N) is 4. The van der Waals surface area contributed by atoms with Crippen molar-refractivity contribution < 1.29 is 9.26 Å². The maximum Gasteiger partial charge on any atom is 0.278 e. The standard InChI is InChI=1S/C21H18N4O2/c1-14-7-5-6-10-17(14)20-22-21(27-24-20)18-11-16-13-26-19(12-25(16)23-18)15-8-3-2-4-9-15/h2-11,19H,12-13H2,1H3/t19-/m0/s1. The first-order valence-corrected chi connectivity index (χ1v) is 8.91. The van der Waals surface area contributed by atoms with E-state index in [9.17, 15) is 0 Å². The van der Waals surface area contributed by atoms with Crippen LogP contribution in [0.2, 0.25) is 0 Å². The van der Waals surface area contributed by atoms with Crippen molar-refractivity contribution in [1.82, 2.24) is 19.9 Å². The Kier molecular flexibility index (Phi) is 3.83. The van der Waals surface area contributed by atoms with Crippen LogP contribution >= 0.6 is 0 Å². The predicted molar refractivity (Wildman–Crippen MR) is 99.7 cm³/mol. The molecule has 0 aliphatic carbocycles. The summed E-state index contributed by atoms with van der Waals surface area (Å²) in [4.78, 5) is 4.54. The molecule has 134 valence electrons. The Bertz CT molecular complexity index is 1080. The van der Waals surface area contributed by atoms with Crippen molar-refractivity contribution in [3.63, 3.8) is 0 Å². The summed E-state index contributed by atoms with van der Waals surface area (Å²) in [5.74, 6) is 0.999. The van der Waals surface area contributed by atoms with Gasteiger partial charge in [0.2, 0.25) is 5.82 Å². The highest BCUT2D eigenvalue weighted by molar-refractivity contribution is 5.61. The van der Waals surface area contributed by atoms with E-state index in [0.717, 1.165) is 22.4 Å². The van der Waals surface area contributed by atoms with Crippen LogP contribution in [-0.2, 0) is 17.9 Å². The van der Waals surface area contributed by atoms with Gasteiger partial charge in [0.15, 0.2) is 5.69 Å². The lowest BCUT2D eigenvalue weighted by molar-refractivity contribution is -0.00113. The van der Waals surface area contributed by atoms with Gasteiger partial charge in [0, 0.05) is 5.56 Å². The Morgan fingerprint density at radius 2 is 1.85 bits per heavy atom.